The van der Waals surface area contributed by atoms with E-state index in [4.69, 9.17) is 14.3 Å². The topological polar surface area (TPSA) is 177 Å². The van der Waals surface area contributed by atoms with Crippen LogP contribution in [0.2, 0.25) is 0 Å². The molecular weight excluding hydrogens is 846 g/mol. The number of primary sulfonamides is 1. The average Bonchev–Trinajstić information content (AvgIpc) is 3.63. The zero-order valence-corrected chi connectivity index (χ0v) is 30.2. The van der Waals surface area contributed by atoms with Crippen molar-refractivity contribution in [2.45, 2.75) is 11.4 Å². The number of phenols is 1. The van der Waals surface area contributed by atoms with Gasteiger partial charge in [0.1, 0.15) is 17.3 Å². The first kappa shape index (κ1) is 34.6. The van der Waals surface area contributed by atoms with Crippen molar-refractivity contribution in [2.24, 2.45) is 15.3 Å². The lowest BCUT2D eigenvalue weighted by molar-refractivity contribution is -0.122. The van der Waals surface area contributed by atoms with Crippen LogP contribution in [0.5, 0.6) is 11.5 Å². The summed E-state index contributed by atoms with van der Waals surface area (Å²) in [4.78, 5) is 27.9. The van der Waals surface area contributed by atoms with Gasteiger partial charge in [0, 0.05) is 25.8 Å². The van der Waals surface area contributed by atoms with Crippen molar-refractivity contribution in [1.82, 2.24) is 4.90 Å². The fourth-order valence-electron chi connectivity index (χ4n) is 4.08. The number of thioether (sulfide) groups is 1. The van der Waals surface area contributed by atoms with E-state index >= 15 is 0 Å². The zero-order chi connectivity index (χ0) is 33.7. The first-order chi connectivity index (χ1) is 22.4. The highest BCUT2D eigenvalue weighted by Gasteiger charge is 2.34. The van der Waals surface area contributed by atoms with E-state index in [1.807, 2.05) is 0 Å². The number of rotatable bonds is 10. The molecule has 2 amide bonds. The standard InChI is InChI=1S/C30H22Br3N5O7S2/c31-19-3-8-25(45-16-27(39)36-21-4-6-23(7-5-21)47(34,42)43)17(10-19)12-26-29(41)38(15-22-2-1-9-44-22)30(46-26)37-35-14-18-11-20(32)13-24(33)28(18)40/h1-14,40H,15-16H2,(H,36,39)(H2,34,42,43)/b26-12-,35-14-,37-30+. The molecule has 0 saturated carbocycles. The molecule has 17 heteroatoms. The van der Waals surface area contributed by atoms with Gasteiger partial charge in [0.25, 0.3) is 11.8 Å². The molecule has 4 N–H and O–H groups in total. The summed E-state index contributed by atoms with van der Waals surface area (Å²) in [6, 6.07) is 17.3. The van der Waals surface area contributed by atoms with Crippen LogP contribution in [0.25, 0.3) is 6.08 Å². The molecule has 47 heavy (non-hydrogen) atoms. The molecule has 1 aliphatic heterocycles. The molecule has 4 aromatic rings. The molecule has 0 spiro atoms. The number of hydrogen-bond donors (Lipinski definition) is 3. The highest BCUT2D eigenvalue weighted by Crippen LogP contribution is 2.36. The summed E-state index contributed by atoms with van der Waals surface area (Å²) in [6.07, 6.45) is 4.49. The molecule has 0 unspecified atom stereocenters. The van der Waals surface area contributed by atoms with E-state index in [1.54, 1.807) is 48.5 Å². The highest BCUT2D eigenvalue weighted by atomic mass is 79.9. The van der Waals surface area contributed by atoms with Crippen molar-refractivity contribution >= 4 is 105 Å². The molecule has 242 valence electrons. The van der Waals surface area contributed by atoms with Crippen molar-refractivity contribution in [3.8, 4) is 11.5 Å². The number of carbonyl (C=O) groups is 2. The van der Waals surface area contributed by atoms with Crippen LogP contribution in [0.3, 0.4) is 0 Å². The number of benzene rings is 3. The molecule has 12 nitrogen and oxygen atoms in total. The summed E-state index contributed by atoms with van der Waals surface area (Å²) in [5, 5.41) is 26.8. The smallest absolute Gasteiger partial charge is 0.267 e. The van der Waals surface area contributed by atoms with E-state index in [-0.39, 0.29) is 34.9 Å². The summed E-state index contributed by atoms with van der Waals surface area (Å²) in [7, 11) is -3.86. The molecular formula is C30H22Br3N5O7S2. The number of sulfonamides is 1. The summed E-state index contributed by atoms with van der Waals surface area (Å²) in [6.45, 7) is -0.279. The first-order valence-electron chi connectivity index (χ1n) is 13.3. The third-order valence-electron chi connectivity index (χ3n) is 6.26. The number of nitrogens with one attached hydrogen (secondary N) is 1. The number of hydrogen-bond acceptors (Lipinski definition) is 10. The maximum absolute atomic E-state index is 13.6. The van der Waals surface area contributed by atoms with Crippen molar-refractivity contribution in [3.05, 3.63) is 108 Å². The summed E-state index contributed by atoms with van der Waals surface area (Å²) in [5.74, 6) is -0.0227. The van der Waals surface area contributed by atoms with Crippen LogP contribution in [0, 0.1) is 0 Å². The maximum atomic E-state index is 13.6. The van der Waals surface area contributed by atoms with Gasteiger partial charge in [0.2, 0.25) is 10.0 Å². The fourth-order valence-corrected chi connectivity index (χ4v) is 7.16. The van der Waals surface area contributed by atoms with Crippen LogP contribution in [0.15, 0.2) is 111 Å². The molecule has 5 rings (SSSR count). The van der Waals surface area contributed by atoms with Gasteiger partial charge >= 0.3 is 0 Å². The van der Waals surface area contributed by atoms with E-state index in [0.717, 1.165) is 16.2 Å². The van der Waals surface area contributed by atoms with Gasteiger partial charge in [-0.1, -0.05) is 31.9 Å². The van der Waals surface area contributed by atoms with Crippen molar-refractivity contribution < 1.29 is 32.3 Å². The number of amidine groups is 1. The van der Waals surface area contributed by atoms with Gasteiger partial charge in [-0.05, 0) is 100 Å². The fraction of sp³-hybridized carbons (Fsp3) is 0.0667. The van der Waals surface area contributed by atoms with Crippen LogP contribution >= 0.6 is 59.6 Å². The lowest BCUT2D eigenvalue weighted by Crippen LogP contribution is -2.28. The molecule has 2 heterocycles. The van der Waals surface area contributed by atoms with Crippen molar-refractivity contribution in [1.29, 1.82) is 0 Å². The Bertz CT molecular complexity index is 2040. The van der Waals surface area contributed by atoms with Gasteiger partial charge in [-0.25, -0.2) is 13.6 Å². The van der Waals surface area contributed by atoms with Crippen LogP contribution < -0.4 is 15.2 Å². The minimum absolute atomic E-state index is 0.0175. The molecule has 0 atom stereocenters. The minimum atomic E-state index is -3.86. The quantitative estimate of drug-likeness (QED) is 0.0927. The van der Waals surface area contributed by atoms with Gasteiger partial charge in [-0.15, -0.1) is 5.10 Å². The first-order valence-corrected chi connectivity index (χ1v) is 18.0. The van der Waals surface area contributed by atoms with Crippen LogP contribution in [-0.2, 0) is 26.2 Å². The monoisotopic (exact) mass is 865 g/mol. The molecule has 3 aromatic carbocycles. The van der Waals surface area contributed by atoms with Crippen molar-refractivity contribution in [3.63, 3.8) is 0 Å². The average molecular weight is 868 g/mol. The number of furan rings is 1. The van der Waals surface area contributed by atoms with Crippen molar-refractivity contribution in [2.75, 3.05) is 11.9 Å². The third-order valence-corrected chi connectivity index (χ3v) is 9.75. The Morgan fingerprint density at radius 2 is 1.81 bits per heavy atom. The maximum Gasteiger partial charge on any atom is 0.267 e. The Morgan fingerprint density at radius 1 is 1.06 bits per heavy atom. The molecule has 0 aliphatic carbocycles. The van der Waals surface area contributed by atoms with E-state index < -0.39 is 15.9 Å². The number of carbonyl (C=O) groups excluding carboxylic acids is 2. The van der Waals surface area contributed by atoms with E-state index in [9.17, 15) is 23.1 Å². The van der Waals surface area contributed by atoms with Gasteiger partial charge in [0.15, 0.2) is 11.8 Å². The summed E-state index contributed by atoms with van der Waals surface area (Å²) >= 11 is 11.2. The van der Waals surface area contributed by atoms with Crippen LogP contribution in [0.4, 0.5) is 5.69 Å². The second-order valence-electron chi connectivity index (χ2n) is 9.62. The molecule has 1 fully saturated rings. The van der Waals surface area contributed by atoms with E-state index in [1.165, 1.54) is 41.6 Å². The molecule has 1 aromatic heterocycles. The summed E-state index contributed by atoms with van der Waals surface area (Å²) < 4.78 is 36.1. The van der Waals surface area contributed by atoms with Gasteiger partial charge in [0.05, 0.1) is 33.3 Å². The minimum Gasteiger partial charge on any atom is -0.506 e. The molecule has 1 saturated heterocycles. The number of nitrogens with two attached hydrogens (primary N) is 1. The van der Waals surface area contributed by atoms with E-state index in [2.05, 4.69) is 63.3 Å². The second kappa shape index (κ2) is 15.0. The molecule has 0 radical (unpaired) electrons. The van der Waals surface area contributed by atoms with Gasteiger partial charge in [-0.3, -0.25) is 14.5 Å². The number of nitrogens with zero attached hydrogens (tertiary/aromatic N) is 3. The van der Waals surface area contributed by atoms with Gasteiger partial charge < -0.3 is 19.6 Å². The lowest BCUT2D eigenvalue weighted by Gasteiger charge is -2.13. The number of ether oxygens (including phenoxy) is 1. The number of phenolic OH excluding ortho intramolecular Hbond substituents is 1. The number of amides is 2. The Balaban J connectivity index is 1.36. The zero-order valence-electron chi connectivity index (χ0n) is 23.8. The molecule has 0 bridgehead atoms. The highest BCUT2D eigenvalue weighted by molar-refractivity contribution is 9.11. The number of anilines is 1. The normalized spacial score (nSPS) is 15.2. The second-order valence-corrected chi connectivity index (χ2v) is 14.9. The Morgan fingerprint density at radius 3 is 2.51 bits per heavy atom. The predicted molar refractivity (Wildman–Crippen MR) is 189 cm³/mol. The number of aromatic hydroxyl groups is 1. The summed E-state index contributed by atoms with van der Waals surface area (Å²) in [5.41, 5.74) is 1.26. The van der Waals surface area contributed by atoms with Crippen LogP contribution in [0.1, 0.15) is 16.9 Å². The van der Waals surface area contributed by atoms with E-state index in [0.29, 0.717) is 42.2 Å². The number of halogens is 3. The molecule has 1 aliphatic rings. The van der Waals surface area contributed by atoms with Gasteiger partial charge in [-0.2, -0.15) is 5.10 Å². The van der Waals surface area contributed by atoms with Crippen LogP contribution in [-0.4, -0.2) is 48.2 Å². The largest absolute Gasteiger partial charge is 0.506 e. The Kier molecular flexibility index (Phi) is 11.0. The Hall–Kier alpha value is -3.74. The Labute approximate surface area is 298 Å². The third kappa shape index (κ3) is 9.00. The lowest BCUT2D eigenvalue weighted by atomic mass is 10.2. The predicted octanol–water partition coefficient (Wildman–Crippen LogP) is 6.44. The SMILES string of the molecule is NS(=O)(=O)c1ccc(NC(=O)COc2ccc(Br)cc2/C=C2\S/C(=N/N=C\c3cc(Br)cc(Br)c3O)N(Cc3ccco3)C2=O)cc1.